The van der Waals surface area contributed by atoms with Gasteiger partial charge >= 0.3 is 5.97 Å². The molecule has 0 bridgehead atoms. The van der Waals surface area contributed by atoms with Gasteiger partial charge in [-0.25, -0.2) is 14.2 Å². The zero-order valence-corrected chi connectivity index (χ0v) is 9.51. The number of methoxy groups -OCH3 is 1. The number of aromatic nitrogens is 1. The number of hydrogen-bond acceptors (Lipinski definition) is 4. The van der Waals surface area contributed by atoms with Crippen LogP contribution >= 0.6 is 11.6 Å². The molecule has 0 spiro atoms. The number of hydrogen-bond donors (Lipinski definition) is 1. The van der Waals surface area contributed by atoms with Gasteiger partial charge in [-0.15, -0.1) is 0 Å². The summed E-state index contributed by atoms with van der Waals surface area (Å²) in [5, 5.41) is -0.453. The van der Waals surface area contributed by atoms with Crippen molar-refractivity contribution >= 4 is 29.3 Å². The second-order valence-electron chi connectivity index (χ2n) is 2.88. The lowest BCUT2D eigenvalue weighted by Crippen LogP contribution is -2.11. The summed E-state index contributed by atoms with van der Waals surface area (Å²) in [6.07, 6.45) is 3.07. The zero-order valence-electron chi connectivity index (χ0n) is 8.75. The number of allylic oxidation sites excluding steroid dienone is 1. The highest BCUT2D eigenvalue weighted by Crippen LogP contribution is 2.26. The van der Waals surface area contributed by atoms with E-state index in [1.807, 2.05) is 0 Å². The molecule has 0 unspecified atom stereocenters. The lowest BCUT2D eigenvalue weighted by Gasteiger charge is -2.08. The van der Waals surface area contributed by atoms with Crippen LogP contribution in [-0.2, 0) is 4.74 Å². The summed E-state index contributed by atoms with van der Waals surface area (Å²) in [6, 6.07) is 0. The first-order chi connectivity index (χ1) is 7.52. The highest BCUT2D eigenvalue weighted by Gasteiger charge is 2.20. The van der Waals surface area contributed by atoms with Crippen molar-refractivity contribution in [2.45, 2.75) is 6.92 Å². The Hall–Kier alpha value is -1.62. The molecule has 0 fully saturated rings. The Labute approximate surface area is 96.9 Å². The monoisotopic (exact) mass is 244 g/mol. The molecule has 0 saturated heterocycles. The third kappa shape index (κ3) is 2.14. The molecule has 0 atom stereocenters. The van der Waals surface area contributed by atoms with Crippen molar-refractivity contribution in [1.82, 2.24) is 4.98 Å². The van der Waals surface area contributed by atoms with Crippen LogP contribution in [0.3, 0.4) is 0 Å². The maximum Gasteiger partial charge on any atom is 0.357 e. The van der Waals surface area contributed by atoms with Gasteiger partial charge in [0.15, 0.2) is 16.7 Å². The van der Waals surface area contributed by atoms with Gasteiger partial charge in [-0.1, -0.05) is 23.8 Å². The summed E-state index contributed by atoms with van der Waals surface area (Å²) in [4.78, 5) is 15.0. The van der Waals surface area contributed by atoms with Crippen molar-refractivity contribution in [3.05, 3.63) is 28.3 Å². The average Bonchev–Trinajstić information content (AvgIpc) is 2.28. The number of esters is 1. The van der Waals surface area contributed by atoms with Crippen LogP contribution < -0.4 is 5.73 Å². The number of carbonyl (C=O) groups is 1. The van der Waals surface area contributed by atoms with Crippen LogP contribution in [-0.4, -0.2) is 18.1 Å². The Bertz CT molecular complexity index is 461. The van der Waals surface area contributed by atoms with Crippen molar-refractivity contribution in [1.29, 1.82) is 0 Å². The quantitative estimate of drug-likeness (QED) is 0.640. The minimum atomic E-state index is -0.845. The van der Waals surface area contributed by atoms with Gasteiger partial charge in [-0.2, -0.15) is 0 Å². The van der Waals surface area contributed by atoms with Gasteiger partial charge in [0.25, 0.3) is 0 Å². The number of nitrogens with zero attached hydrogens (tertiary/aromatic N) is 1. The molecule has 1 aromatic heterocycles. The summed E-state index contributed by atoms with van der Waals surface area (Å²) in [5.41, 5.74) is 5.34. The molecule has 0 aliphatic heterocycles. The van der Waals surface area contributed by atoms with E-state index in [0.717, 1.165) is 0 Å². The summed E-state index contributed by atoms with van der Waals surface area (Å²) in [7, 11) is 1.19. The highest BCUT2D eigenvalue weighted by atomic mass is 35.5. The smallest absolute Gasteiger partial charge is 0.357 e. The average molecular weight is 245 g/mol. The minimum absolute atomic E-state index is 0.107. The molecule has 4 nitrogen and oxygen atoms in total. The van der Waals surface area contributed by atoms with Crippen LogP contribution in [0.25, 0.3) is 6.08 Å². The Morgan fingerprint density at radius 1 is 1.62 bits per heavy atom. The van der Waals surface area contributed by atoms with Gasteiger partial charge in [0.05, 0.1) is 12.8 Å². The van der Waals surface area contributed by atoms with Crippen LogP contribution in [0.1, 0.15) is 23.0 Å². The normalized spacial score (nSPS) is 10.8. The number of anilines is 1. The molecule has 1 heterocycles. The van der Waals surface area contributed by atoms with Gasteiger partial charge in [0.1, 0.15) is 0 Å². The molecule has 0 aromatic carbocycles. The first-order valence-corrected chi connectivity index (χ1v) is 4.76. The number of nitrogen functional groups attached to an aromatic ring is 1. The van der Waals surface area contributed by atoms with Crippen LogP contribution in [0, 0.1) is 5.82 Å². The molecule has 86 valence electrons. The minimum Gasteiger partial charge on any atom is -0.464 e. The van der Waals surface area contributed by atoms with Crippen molar-refractivity contribution in [2.24, 2.45) is 0 Å². The molecular formula is C10H10ClFN2O2. The fourth-order valence-electron chi connectivity index (χ4n) is 1.15. The SMILES string of the molecule is CC=Cc1c(C(=O)OC)nc(Cl)c(F)c1N. The third-order valence-electron chi connectivity index (χ3n) is 1.88. The number of ether oxygens (including phenoxy) is 1. The zero-order chi connectivity index (χ0) is 12.3. The van der Waals surface area contributed by atoms with Crippen LogP contribution in [0.4, 0.5) is 10.1 Å². The third-order valence-corrected chi connectivity index (χ3v) is 2.14. The molecular weight excluding hydrogens is 235 g/mol. The van der Waals surface area contributed by atoms with Gasteiger partial charge in [0, 0.05) is 5.56 Å². The summed E-state index contributed by atoms with van der Waals surface area (Å²) >= 11 is 5.49. The standard InChI is InChI=1S/C10H10ClFN2O2/c1-3-4-5-7(13)6(12)9(11)14-8(5)10(15)16-2/h3-4H,1-2H3,(H2,13,14). The topological polar surface area (TPSA) is 65.2 Å². The molecule has 0 aliphatic rings. The maximum atomic E-state index is 13.4. The summed E-state index contributed by atoms with van der Waals surface area (Å²) < 4.78 is 17.9. The van der Waals surface area contributed by atoms with Crippen molar-refractivity contribution in [2.75, 3.05) is 12.8 Å². The molecule has 2 N–H and O–H groups in total. The second-order valence-corrected chi connectivity index (χ2v) is 3.24. The number of nitrogens with two attached hydrogens (primary N) is 1. The van der Waals surface area contributed by atoms with Gasteiger partial charge in [-0.3, -0.25) is 0 Å². The molecule has 16 heavy (non-hydrogen) atoms. The van der Waals surface area contributed by atoms with E-state index >= 15 is 0 Å². The Kier molecular flexibility index (Phi) is 3.84. The van der Waals surface area contributed by atoms with E-state index < -0.39 is 16.9 Å². The number of halogens is 2. The van der Waals surface area contributed by atoms with Gasteiger partial charge in [-0.05, 0) is 6.92 Å². The predicted octanol–water partition coefficient (Wildman–Crippen LogP) is 2.28. The fraction of sp³-hybridized carbons (Fsp3) is 0.200. The second kappa shape index (κ2) is 4.94. The van der Waals surface area contributed by atoms with Crippen molar-refractivity contribution in [3.63, 3.8) is 0 Å². The van der Waals surface area contributed by atoms with E-state index in [2.05, 4.69) is 9.72 Å². The summed E-state index contributed by atoms with van der Waals surface area (Å²) in [5.74, 6) is -1.57. The van der Waals surface area contributed by atoms with E-state index in [-0.39, 0.29) is 16.9 Å². The first kappa shape index (κ1) is 12.4. The van der Waals surface area contributed by atoms with Crippen LogP contribution in [0.5, 0.6) is 0 Å². The fourth-order valence-corrected chi connectivity index (χ4v) is 1.34. The maximum absolute atomic E-state index is 13.4. The molecule has 0 aliphatic carbocycles. The highest BCUT2D eigenvalue weighted by molar-refractivity contribution is 6.30. The molecule has 6 heteroatoms. The molecule has 1 rings (SSSR count). The van der Waals surface area contributed by atoms with E-state index in [1.165, 1.54) is 13.2 Å². The predicted molar refractivity (Wildman–Crippen MR) is 59.7 cm³/mol. The van der Waals surface area contributed by atoms with Crippen LogP contribution in [0.15, 0.2) is 6.08 Å². The largest absolute Gasteiger partial charge is 0.464 e. The number of rotatable bonds is 2. The van der Waals surface area contributed by atoms with Crippen molar-refractivity contribution in [3.8, 4) is 0 Å². The van der Waals surface area contributed by atoms with E-state index in [4.69, 9.17) is 17.3 Å². The summed E-state index contributed by atoms with van der Waals surface area (Å²) in [6.45, 7) is 1.70. The van der Waals surface area contributed by atoms with Gasteiger partial charge < -0.3 is 10.5 Å². The van der Waals surface area contributed by atoms with Gasteiger partial charge in [0.2, 0.25) is 0 Å². The van der Waals surface area contributed by atoms with E-state index in [1.54, 1.807) is 13.0 Å². The lowest BCUT2D eigenvalue weighted by molar-refractivity contribution is 0.0593. The number of carbonyl (C=O) groups excluding carboxylic acids is 1. The number of pyridine rings is 1. The lowest BCUT2D eigenvalue weighted by atomic mass is 10.1. The Morgan fingerprint density at radius 3 is 2.75 bits per heavy atom. The molecule has 0 saturated carbocycles. The van der Waals surface area contributed by atoms with E-state index in [9.17, 15) is 9.18 Å². The van der Waals surface area contributed by atoms with E-state index in [0.29, 0.717) is 0 Å². The van der Waals surface area contributed by atoms with Crippen molar-refractivity contribution < 1.29 is 13.9 Å². The first-order valence-electron chi connectivity index (χ1n) is 4.38. The van der Waals surface area contributed by atoms with Crippen LogP contribution in [0.2, 0.25) is 5.15 Å². The molecule has 0 radical (unpaired) electrons. The molecule has 1 aromatic rings. The Morgan fingerprint density at radius 2 is 2.25 bits per heavy atom. The Balaban J connectivity index is 3.52. The molecule has 0 amide bonds.